The van der Waals surface area contributed by atoms with Crippen LogP contribution >= 0.6 is 0 Å². The first-order chi connectivity index (χ1) is 17.0. The van der Waals surface area contributed by atoms with Gasteiger partial charge in [-0.1, -0.05) is 0 Å². The molecule has 0 spiro atoms. The van der Waals surface area contributed by atoms with Gasteiger partial charge in [0.15, 0.2) is 0 Å². The summed E-state index contributed by atoms with van der Waals surface area (Å²) in [5, 5.41) is 2.74. The monoisotopic (exact) mass is 529 g/mol. The molecular formula is C25H34F3N3O6. The molecule has 37 heavy (non-hydrogen) atoms. The molecule has 6 aliphatic rings. The van der Waals surface area contributed by atoms with Gasteiger partial charge in [0.05, 0.1) is 0 Å². The molecule has 6 rings (SSSR count). The van der Waals surface area contributed by atoms with Gasteiger partial charge in [-0.25, -0.2) is 9.59 Å². The average Bonchev–Trinajstić information content (AvgIpc) is 3.37. The zero-order chi connectivity index (χ0) is 27.1. The number of nitrogens with two attached hydrogens (primary N) is 1. The number of nitrogens with zero attached hydrogens (tertiary/aromatic N) is 1. The molecule has 1 saturated heterocycles. The third-order valence-electron chi connectivity index (χ3n) is 8.80. The molecule has 4 bridgehead atoms. The molecule has 6 fully saturated rings. The standard InChI is InChI=1S/C25H34F3N3O6/c1-22(2,3)37-21(35)30-17(19(33)31-15-5-14(15)6-16(31)18(29)32)23-7-12-4-13(8-23)10-24(9-12,11-23)36-20(34)25(26,27)28/h12-17H,4-11H2,1-3H3,(H2,29,32)(H,30,35)/t12?,13?,14-,15-,16-,17+,23?,24?/m0/s1. The van der Waals surface area contributed by atoms with E-state index >= 15 is 0 Å². The number of piperidine rings is 1. The molecule has 3 N–H and O–H groups in total. The highest BCUT2D eigenvalue weighted by molar-refractivity contribution is 5.93. The summed E-state index contributed by atoms with van der Waals surface area (Å²) in [7, 11) is 0. The summed E-state index contributed by atoms with van der Waals surface area (Å²) in [5.74, 6) is -3.29. The summed E-state index contributed by atoms with van der Waals surface area (Å²) in [6.07, 6.45) is -2.43. The highest BCUT2D eigenvalue weighted by Crippen LogP contribution is 2.64. The van der Waals surface area contributed by atoms with Crippen molar-refractivity contribution in [2.24, 2.45) is 28.9 Å². The third-order valence-corrected chi connectivity index (χ3v) is 8.80. The second-order valence-electron chi connectivity index (χ2n) is 12.9. The smallest absolute Gasteiger partial charge is 0.452 e. The number of fused-ring (bicyclic) bond motifs is 1. The Bertz CT molecular complexity index is 1010. The van der Waals surface area contributed by atoms with Crippen molar-refractivity contribution < 1.29 is 41.8 Å². The molecule has 9 nitrogen and oxygen atoms in total. The number of hydrogen-bond acceptors (Lipinski definition) is 6. The first kappa shape index (κ1) is 26.1. The van der Waals surface area contributed by atoms with E-state index in [1.165, 1.54) is 4.90 Å². The van der Waals surface area contributed by atoms with Crippen LogP contribution in [-0.2, 0) is 23.9 Å². The number of carbonyl (C=O) groups is 4. The lowest BCUT2D eigenvalue weighted by Crippen LogP contribution is -2.68. The normalized spacial score (nSPS) is 38.5. The van der Waals surface area contributed by atoms with E-state index in [2.05, 4.69) is 5.32 Å². The molecule has 0 aromatic rings. The quantitative estimate of drug-likeness (QED) is 0.527. The Hall–Kier alpha value is -2.53. The van der Waals surface area contributed by atoms with Gasteiger partial charge in [0.1, 0.15) is 23.3 Å². The van der Waals surface area contributed by atoms with Crippen LogP contribution in [-0.4, -0.2) is 64.3 Å². The first-order valence-electron chi connectivity index (χ1n) is 12.9. The van der Waals surface area contributed by atoms with Crippen molar-refractivity contribution in [3.63, 3.8) is 0 Å². The van der Waals surface area contributed by atoms with Gasteiger partial charge in [-0.15, -0.1) is 0 Å². The molecule has 1 aliphatic heterocycles. The lowest BCUT2D eigenvalue weighted by molar-refractivity contribution is -0.240. The number of alkyl halides is 3. The second kappa shape index (κ2) is 8.23. The summed E-state index contributed by atoms with van der Waals surface area (Å²) < 4.78 is 50.1. The molecule has 6 atom stereocenters. The zero-order valence-electron chi connectivity index (χ0n) is 21.2. The van der Waals surface area contributed by atoms with Crippen molar-refractivity contribution >= 4 is 23.9 Å². The summed E-state index contributed by atoms with van der Waals surface area (Å²) in [6, 6.07) is -2.11. The van der Waals surface area contributed by atoms with Crippen LogP contribution < -0.4 is 11.1 Å². The molecule has 1 heterocycles. The summed E-state index contributed by atoms with van der Waals surface area (Å²) in [4.78, 5) is 52.7. The van der Waals surface area contributed by atoms with E-state index < -0.39 is 58.8 Å². The van der Waals surface area contributed by atoms with E-state index in [-0.39, 0.29) is 30.2 Å². The Morgan fingerprint density at radius 3 is 2.16 bits per heavy atom. The Morgan fingerprint density at radius 1 is 1.00 bits per heavy atom. The van der Waals surface area contributed by atoms with E-state index in [1.54, 1.807) is 20.8 Å². The predicted molar refractivity (Wildman–Crippen MR) is 121 cm³/mol. The Balaban J connectivity index is 1.49. The number of hydrogen-bond donors (Lipinski definition) is 2. The Labute approximate surface area is 212 Å². The molecule has 3 amide bonds. The van der Waals surface area contributed by atoms with Crippen LogP contribution in [0, 0.1) is 23.2 Å². The minimum Gasteiger partial charge on any atom is -0.452 e. The van der Waals surface area contributed by atoms with Gasteiger partial charge in [0.25, 0.3) is 0 Å². The molecule has 12 heteroatoms. The molecule has 206 valence electrons. The average molecular weight is 530 g/mol. The second-order valence-corrected chi connectivity index (χ2v) is 12.9. The van der Waals surface area contributed by atoms with E-state index in [0.29, 0.717) is 32.1 Å². The van der Waals surface area contributed by atoms with E-state index in [9.17, 15) is 32.3 Å². The van der Waals surface area contributed by atoms with Gasteiger partial charge < -0.3 is 25.4 Å². The van der Waals surface area contributed by atoms with E-state index in [4.69, 9.17) is 15.2 Å². The van der Waals surface area contributed by atoms with Crippen molar-refractivity contribution in [3.8, 4) is 0 Å². The van der Waals surface area contributed by atoms with Crippen LogP contribution in [0.25, 0.3) is 0 Å². The topological polar surface area (TPSA) is 128 Å². The maximum Gasteiger partial charge on any atom is 0.490 e. The van der Waals surface area contributed by atoms with Crippen LogP contribution in [0.4, 0.5) is 18.0 Å². The number of likely N-dealkylation sites (tertiary alicyclic amines) is 1. The lowest BCUT2D eigenvalue weighted by Gasteiger charge is -2.63. The number of alkyl carbamates (subject to hydrolysis) is 1. The van der Waals surface area contributed by atoms with E-state index in [0.717, 1.165) is 12.8 Å². The maximum absolute atomic E-state index is 14.2. The molecule has 2 unspecified atom stereocenters. The zero-order valence-corrected chi connectivity index (χ0v) is 21.2. The number of esters is 1. The number of amides is 3. The number of halogens is 3. The van der Waals surface area contributed by atoms with Gasteiger partial charge in [0.2, 0.25) is 11.8 Å². The number of ether oxygens (including phenoxy) is 2. The van der Waals surface area contributed by atoms with Crippen LogP contribution in [0.5, 0.6) is 0 Å². The number of primary amides is 1. The van der Waals surface area contributed by atoms with Crippen LogP contribution in [0.1, 0.15) is 72.1 Å². The van der Waals surface area contributed by atoms with Gasteiger partial charge >= 0.3 is 18.2 Å². The minimum atomic E-state index is -5.13. The highest BCUT2D eigenvalue weighted by Gasteiger charge is 2.66. The lowest BCUT2D eigenvalue weighted by atomic mass is 9.46. The molecule has 0 aromatic heterocycles. The van der Waals surface area contributed by atoms with Crippen molar-refractivity contribution in [2.75, 3.05) is 0 Å². The fourth-order valence-electron chi connectivity index (χ4n) is 8.04. The van der Waals surface area contributed by atoms with Crippen molar-refractivity contribution in [1.82, 2.24) is 10.2 Å². The van der Waals surface area contributed by atoms with Crippen molar-refractivity contribution in [1.29, 1.82) is 0 Å². The molecule has 0 aromatic carbocycles. The SMILES string of the molecule is CC(C)(C)OC(=O)N[C@H](C(=O)N1[C@H](C(N)=O)C[C@@H]2C[C@@H]21)C12CC3CC(CC(OC(=O)C(F)(F)F)(C3)C1)C2. The highest BCUT2D eigenvalue weighted by atomic mass is 19.4. The predicted octanol–water partition coefficient (Wildman–Crippen LogP) is 2.80. The number of nitrogens with one attached hydrogen (secondary N) is 1. The summed E-state index contributed by atoms with van der Waals surface area (Å²) in [6.45, 7) is 5.04. The van der Waals surface area contributed by atoms with Crippen LogP contribution in [0.2, 0.25) is 0 Å². The fourth-order valence-corrected chi connectivity index (χ4v) is 8.04. The summed E-state index contributed by atoms with van der Waals surface area (Å²) >= 11 is 0. The molecular weight excluding hydrogens is 495 g/mol. The van der Waals surface area contributed by atoms with Gasteiger partial charge in [-0.05, 0) is 89.9 Å². The van der Waals surface area contributed by atoms with Gasteiger partial charge in [-0.3, -0.25) is 9.59 Å². The molecule has 5 saturated carbocycles. The van der Waals surface area contributed by atoms with Crippen molar-refractivity contribution in [3.05, 3.63) is 0 Å². The van der Waals surface area contributed by atoms with E-state index in [1.807, 2.05) is 0 Å². The Morgan fingerprint density at radius 2 is 1.62 bits per heavy atom. The molecule has 5 aliphatic carbocycles. The third kappa shape index (κ3) is 4.76. The maximum atomic E-state index is 14.2. The first-order valence-corrected chi connectivity index (χ1v) is 12.9. The largest absolute Gasteiger partial charge is 0.490 e. The summed E-state index contributed by atoms with van der Waals surface area (Å²) in [5.41, 5.74) is 2.45. The molecule has 0 radical (unpaired) electrons. The van der Waals surface area contributed by atoms with Crippen LogP contribution in [0.15, 0.2) is 0 Å². The van der Waals surface area contributed by atoms with Crippen LogP contribution in [0.3, 0.4) is 0 Å². The number of carbonyl (C=O) groups excluding carboxylic acids is 4. The van der Waals surface area contributed by atoms with Crippen molar-refractivity contribution in [2.45, 2.75) is 108 Å². The van der Waals surface area contributed by atoms with Gasteiger partial charge in [-0.2, -0.15) is 13.2 Å². The number of rotatable bonds is 5. The minimum absolute atomic E-state index is 0.0181. The van der Waals surface area contributed by atoms with Gasteiger partial charge in [0, 0.05) is 11.5 Å². The Kier molecular flexibility index (Phi) is 5.81. The fraction of sp³-hybridized carbons (Fsp3) is 0.840.